The number of rotatable bonds is 4. The summed E-state index contributed by atoms with van der Waals surface area (Å²) in [6, 6.07) is 9.68. The fourth-order valence-corrected chi connectivity index (χ4v) is 3.53. The molecule has 2 atom stereocenters. The molecule has 1 aromatic heterocycles. The van der Waals surface area contributed by atoms with Crippen molar-refractivity contribution in [2.75, 3.05) is 18.4 Å². The van der Waals surface area contributed by atoms with E-state index in [0.717, 1.165) is 35.4 Å². The number of amides is 1. The molecule has 0 aliphatic carbocycles. The topological polar surface area (TPSA) is 54.5 Å². The SMILES string of the molecule is CC1CN(Cc2ccccc2NC(=O)c2cncc(Br)c2)CC(C)O1. The number of anilines is 1. The summed E-state index contributed by atoms with van der Waals surface area (Å²) in [6.45, 7) is 6.75. The van der Waals surface area contributed by atoms with E-state index in [1.165, 1.54) is 0 Å². The highest BCUT2D eigenvalue weighted by Gasteiger charge is 2.23. The molecule has 2 aromatic rings. The third-order valence-electron chi connectivity index (χ3n) is 4.12. The van der Waals surface area contributed by atoms with Gasteiger partial charge in [0, 0.05) is 42.2 Å². The van der Waals surface area contributed by atoms with Crippen molar-refractivity contribution < 1.29 is 9.53 Å². The lowest BCUT2D eigenvalue weighted by Crippen LogP contribution is -2.44. The number of aromatic nitrogens is 1. The Labute approximate surface area is 156 Å². The number of morpholine rings is 1. The van der Waals surface area contributed by atoms with Crippen molar-refractivity contribution in [1.29, 1.82) is 0 Å². The van der Waals surface area contributed by atoms with Gasteiger partial charge in [0.2, 0.25) is 0 Å². The lowest BCUT2D eigenvalue weighted by atomic mass is 10.1. The summed E-state index contributed by atoms with van der Waals surface area (Å²) in [5.74, 6) is -0.162. The number of carbonyl (C=O) groups excluding carboxylic acids is 1. The average molecular weight is 404 g/mol. The van der Waals surface area contributed by atoms with Gasteiger partial charge < -0.3 is 10.1 Å². The smallest absolute Gasteiger partial charge is 0.257 e. The first-order valence-corrected chi connectivity index (χ1v) is 9.18. The zero-order chi connectivity index (χ0) is 17.8. The first-order chi connectivity index (χ1) is 12.0. The molecular formula is C19H22BrN3O2. The second-order valence-electron chi connectivity index (χ2n) is 6.45. The number of pyridine rings is 1. The summed E-state index contributed by atoms with van der Waals surface area (Å²) >= 11 is 3.35. The van der Waals surface area contributed by atoms with E-state index < -0.39 is 0 Å². The highest BCUT2D eigenvalue weighted by molar-refractivity contribution is 9.10. The van der Waals surface area contributed by atoms with Crippen LogP contribution in [-0.2, 0) is 11.3 Å². The molecule has 1 N–H and O–H groups in total. The summed E-state index contributed by atoms with van der Waals surface area (Å²) < 4.78 is 6.58. The Kier molecular flexibility index (Phi) is 5.83. The van der Waals surface area contributed by atoms with Gasteiger partial charge in [0.05, 0.1) is 17.8 Å². The van der Waals surface area contributed by atoms with E-state index in [9.17, 15) is 4.79 Å². The van der Waals surface area contributed by atoms with Gasteiger partial charge in [0.25, 0.3) is 5.91 Å². The molecule has 3 rings (SSSR count). The second kappa shape index (κ2) is 8.08. The summed E-state index contributed by atoms with van der Waals surface area (Å²) in [7, 11) is 0. The largest absolute Gasteiger partial charge is 0.373 e. The summed E-state index contributed by atoms with van der Waals surface area (Å²) in [5.41, 5.74) is 2.46. The minimum absolute atomic E-state index is 0.162. The quantitative estimate of drug-likeness (QED) is 0.845. The van der Waals surface area contributed by atoms with Crippen LogP contribution in [0.15, 0.2) is 47.2 Å². The van der Waals surface area contributed by atoms with Gasteiger partial charge >= 0.3 is 0 Å². The Balaban J connectivity index is 1.73. The summed E-state index contributed by atoms with van der Waals surface area (Å²) in [4.78, 5) is 18.9. The van der Waals surface area contributed by atoms with Crippen molar-refractivity contribution >= 4 is 27.5 Å². The predicted octanol–water partition coefficient (Wildman–Crippen LogP) is 3.71. The number of benzene rings is 1. The second-order valence-corrected chi connectivity index (χ2v) is 7.37. The Morgan fingerprint density at radius 2 is 2.00 bits per heavy atom. The van der Waals surface area contributed by atoms with Crippen LogP contribution in [0.4, 0.5) is 5.69 Å². The minimum Gasteiger partial charge on any atom is -0.373 e. The maximum Gasteiger partial charge on any atom is 0.257 e. The van der Waals surface area contributed by atoms with Crippen molar-refractivity contribution in [2.24, 2.45) is 0 Å². The number of halogens is 1. The number of hydrogen-bond donors (Lipinski definition) is 1. The molecule has 2 heterocycles. The van der Waals surface area contributed by atoms with E-state index >= 15 is 0 Å². The highest BCUT2D eigenvalue weighted by atomic mass is 79.9. The van der Waals surface area contributed by atoms with E-state index in [1.54, 1.807) is 18.5 Å². The molecule has 0 radical (unpaired) electrons. The molecule has 0 bridgehead atoms. The predicted molar refractivity (Wildman–Crippen MR) is 102 cm³/mol. The number of carbonyl (C=O) groups is 1. The Morgan fingerprint density at radius 1 is 1.28 bits per heavy atom. The molecule has 0 saturated carbocycles. The monoisotopic (exact) mass is 403 g/mol. The Bertz CT molecular complexity index is 743. The average Bonchev–Trinajstić information content (AvgIpc) is 2.55. The van der Waals surface area contributed by atoms with Gasteiger partial charge in [0.1, 0.15) is 0 Å². The third-order valence-corrected chi connectivity index (χ3v) is 4.56. The minimum atomic E-state index is -0.162. The van der Waals surface area contributed by atoms with Crippen LogP contribution in [-0.4, -0.2) is 41.1 Å². The standard InChI is InChI=1S/C19H22BrN3O2/c1-13-10-23(11-14(2)25-13)12-15-5-3-4-6-18(15)22-19(24)16-7-17(20)9-21-8-16/h3-9,13-14H,10-12H2,1-2H3,(H,22,24). The summed E-state index contributed by atoms with van der Waals surface area (Å²) in [6.07, 6.45) is 3.66. The highest BCUT2D eigenvalue weighted by Crippen LogP contribution is 2.21. The zero-order valence-corrected chi connectivity index (χ0v) is 16.0. The molecule has 132 valence electrons. The van der Waals surface area contributed by atoms with Crippen molar-refractivity contribution in [3.8, 4) is 0 Å². The number of ether oxygens (including phenoxy) is 1. The molecule has 1 aromatic carbocycles. The van der Waals surface area contributed by atoms with Gasteiger partial charge in [-0.2, -0.15) is 0 Å². The lowest BCUT2D eigenvalue weighted by molar-refractivity contribution is -0.0704. The first kappa shape index (κ1) is 18.0. The van der Waals surface area contributed by atoms with Gasteiger partial charge in [-0.15, -0.1) is 0 Å². The molecule has 1 saturated heterocycles. The summed E-state index contributed by atoms with van der Waals surface area (Å²) in [5, 5.41) is 3.01. The van der Waals surface area contributed by atoms with Crippen molar-refractivity contribution in [1.82, 2.24) is 9.88 Å². The molecule has 1 fully saturated rings. The number of nitrogens with zero attached hydrogens (tertiary/aromatic N) is 2. The van der Waals surface area contributed by atoms with Gasteiger partial charge in [-0.1, -0.05) is 18.2 Å². The van der Waals surface area contributed by atoms with E-state index in [0.29, 0.717) is 5.56 Å². The van der Waals surface area contributed by atoms with Gasteiger partial charge in [-0.3, -0.25) is 14.7 Å². The normalized spacial score (nSPS) is 21.1. The molecular weight excluding hydrogens is 382 g/mol. The molecule has 0 spiro atoms. The van der Waals surface area contributed by atoms with Crippen molar-refractivity contribution in [3.05, 3.63) is 58.3 Å². The fourth-order valence-electron chi connectivity index (χ4n) is 3.17. The van der Waals surface area contributed by atoms with Crippen LogP contribution in [0, 0.1) is 0 Å². The van der Waals surface area contributed by atoms with Crippen LogP contribution in [0.5, 0.6) is 0 Å². The maximum atomic E-state index is 12.5. The van der Waals surface area contributed by atoms with Crippen LogP contribution in [0.3, 0.4) is 0 Å². The van der Waals surface area contributed by atoms with E-state index in [2.05, 4.69) is 51.0 Å². The van der Waals surface area contributed by atoms with E-state index in [4.69, 9.17) is 4.74 Å². The van der Waals surface area contributed by atoms with Crippen molar-refractivity contribution in [2.45, 2.75) is 32.6 Å². The Morgan fingerprint density at radius 3 is 2.72 bits per heavy atom. The third kappa shape index (κ3) is 4.87. The van der Waals surface area contributed by atoms with Crippen LogP contribution in [0.2, 0.25) is 0 Å². The van der Waals surface area contributed by atoms with Crippen LogP contribution in [0.1, 0.15) is 29.8 Å². The number of nitrogens with one attached hydrogen (secondary N) is 1. The molecule has 6 heteroatoms. The Hall–Kier alpha value is -1.76. The van der Waals surface area contributed by atoms with Crippen LogP contribution in [0.25, 0.3) is 0 Å². The molecule has 25 heavy (non-hydrogen) atoms. The van der Waals surface area contributed by atoms with Crippen molar-refractivity contribution in [3.63, 3.8) is 0 Å². The molecule has 1 aliphatic heterocycles. The number of hydrogen-bond acceptors (Lipinski definition) is 4. The maximum absolute atomic E-state index is 12.5. The fraction of sp³-hybridized carbons (Fsp3) is 0.368. The van der Waals surface area contributed by atoms with Crippen LogP contribution >= 0.6 is 15.9 Å². The van der Waals surface area contributed by atoms with Gasteiger partial charge in [-0.05, 0) is 47.5 Å². The lowest BCUT2D eigenvalue weighted by Gasteiger charge is -2.35. The zero-order valence-electron chi connectivity index (χ0n) is 14.4. The first-order valence-electron chi connectivity index (χ1n) is 8.39. The molecule has 1 amide bonds. The molecule has 2 unspecified atom stereocenters. The molecule has 1 aliphatic rings. The van der Waals surface area contributed by atoms with E-state index in [-0.39, 0.29) is 18.1 Å². The van der Waals surface area contributed by atoms with Gasteiger partial charge in [-0.25, -0.2) is 0 Å². The molecule has 5 nitrogen and oxygen atoms in total. The van der Waals surface area contributed by atoms with Gasteiger partial charge in [0.15, 0.2) is 0 Å². The van der Waals surface area contributed by atoms with E-state index in [1.807, 2.05) is 18.2 Å². The van der Waals surface area contributed by atoms with Crippen LogP contribution < -0.4 is 5.32 Å². The number of para-hydroxylation sites is 1.